The van der Waals surface area contributed by atoms with Gasteiger partial charge in [0.15, 0.2) is 5.16 Å². The van der Waals surface area contributed by atoms with Gasteiger partial charge in [0.2, 0.25) is 0 Å². The van der Waals surface area contributed by atoms with Crippen LogP contribution in [0.15, 0.2) is 45.1 Å². The zero-order chi connectivity index (χ0) is 21.0. The molecule has 0 saturated heterocycles. The second-order valence-corrected chi connectivity index (χ2v) is 7.32. The zero-order valence-corrected chi connectivity index (χ0v) is 16.5. The molecule has 0 aliphatic carbocycles. The van der Waals surface area contributed by atoms with Gasteiger partial charge in [-0.15, -0.1) is 10.2 Å². The van der Waals surface area contributed by atoms with E-state index in [2.05, 4.69) is 20.2 Å². The van der Waals surface area contributed by atoms with Crippen LogP contribution in [0.1, 0.15) is 25.4 Å². The fraction of sp³-hybridized carbons (Fsp3) is 0.278. The molecule has 3 rings (SSSR count). The molecule has 1 atom stereocenters. The SMILES string of the molecule is CCOC(=O)[C@@H](C)Sc1nnc(Cc2cc(=O)[nH]c(=O)[nH]2)n1-c1ccc(F)cc1. The summed E-state index contributed by atoms with van der Waals surface area (Å²) in [5.74, 6) is -0.403. The van der Waals surface area contributed by atoms with Gasteiger partial charge in [-0.2, -0.15) is 0 Å². The summed E-state index contributed by atoms with van der Waals surface area (Å²) < 4.78 is 20.0. The van der Waals surface area contributed by atoms with Gasteiger partial charge in [-0.3, -0.25) is 19.1 Å². The molecule has 152 valence electrons. The Morgan fingerprint density at radius 2 is 1.97 bits per heavy atom. The number of ether oxygens (including phenoxy) is 1. The van der Waals surface area contributed by atoms with Crippen molar-refractivity contribution in [1.82, 2.24) is 24.7 Å². The third-order valence-corrected chi connectivity index (χ3v) is 4.87. The number of nitrogens with zero attached hydrogens (tertiary/aromatic N) is 3. The highest BCUT2D eigenvalue weighted by atomic mass is 32.2. The van der Waals surface area contributed by atoms with E-state index < -0.39 is 28.3 Å². The van der Waals surface area contributed by atoms with Gasteiger partial charge < -0.3 is 9.72 Å². The second kappa shape index (κ2) is 8.86. The van der Waals surface area contributed by atoms with Crippen LogP contribution in [0.2, 0.25) is 0 Å². The maximum absolute atomic E-state index is 13.4. The van der Waals surface area contributed by atoms with Gasteiger partial charge in [-0.1, -0.05) is 11.8 Å². The minimum Gasteiger partial charge on any atom is -0.465 e. The van der Waals surface area contributed by atoms with Crippen molar-refractivity contribution < 1.29 is 13.9 Å². The lowest BCUT2D eigenvalue weighted by atomic mass is 10.2. The molecule has 2 N–H and O–H groups in total. The quantitative estimate of drug-likeness (QED) is 0.439. The first kappa shape index (κ1) is 20.5. The summed E-state index contributed by atoms with van der Waals surface area (Å²) in [7, 11) is 0. The summed E-state index contributed by atoms with van der Waals surface area (Å²) >= 11 is 1.14. The smallest absolute Gasteiger partial charge is 0.325 e. The summed E-state index contributed by atoms with van der Waals surface area (Å²) in [5.41, 5.74) is -0.269. The average molecular weight is 419 g/mol. The number of nitrogens with one attached hydrogen (secondary N) is 2. The molecular weight excluding hydrogens is 401 g/mol. The Morgan fingerprint density at radius 3 is 2.62 bits per heavy atom. The molecule has 0 fully saturated rings. The number of rotatable bonds is 7. The van der Waals surface area contributed by atoms with Gasteiger partial charge in [0, 0.05) is 23.9 Å². The van der Waals surface area contributed by atoms with Crippen LogP contribution in [0.3, 0.4) is 0 Å². The van der Waals surface area contributed by atoms with E-state index in [4.69, 9.17) is 4.74 Å². The van der Waals surface area contributed by atoms with E-state index in [0.29, 0.717) is 22.4 Å². The molecule has 0 bridgehead atoms. The van der Waals surface area contributed by atoms with Crippen LogP contribution in [0.25, 0.3) is 5.69 Å². The number of esters is 1. The van der Waals surface area contributed by atoms with Gasteiger partial charge in [0.05, 0.1) is 6.61 Å². The van der Waals surface area contributed by atoms with Crippen molar-refractivity contribution >= 4 is 17.7 Å². The summed E-state index contributed by atoms with van der Waals surface area (Å²) in [6.45, 7) is 3.66. The highest BCUT2D eigenvalue weighted by Gasteiger charge is 2.22. The van der Waals surface area contributed by atoms with Crippen molar-refractivity contribution in [2.24, 2.45) is 0 Å². The molecule has 0 unspecified atom stereocenters. The number of aromatic nitrogens is 5. The molecule has 1 aromatic carbocycles. The molecule has 29 heavy (non-hydrogen) atoms. The van der Waals surface area contributed by atoms with Crippen molar-refractivity contribution in [3.63, 3.8) is 0 Å². The molecule has 9 nitrogen and oxygen atoms in total. The summed E-state index contributed by atoms with van der Waals surface area (Å²) in [6.07, 6.45) is 0.0951. The van der Waals surface area contributed by atoms with Crippen molar-refractivity contribution in [1.29, 1.82) is 0 Å². The number of hydrogen-bond acceptors (Lipinski definition) is 7. The fourth-order valence-corrected chi connectivity index (χ4v) is 3.48. The number of carbonyl (C=O) groups is 1. The van der Waals surface area contributed by atoms with E-state index in [1.807, 2.05) is 0 Å². The first-order chi connectivity index (χ1) is 13.9. The van der Waals surface area contributed by atoms with Crippen LogP contribution in [-0.4, -0.2) is 42.6 Å². The zero-order valence-electron chi connectivity index (χ0n) is 15.6. The lowest BCUT2D eigenvalue weighted by Gasteiger charge is -2.13. The van der Waals surface area contributed by atoms with E-state index in [1.54, 1.807) is 30.5 Å². The number of hydrogen-bond donors (Lipinski definition) is 2. The molecule has 2 aromatic heterocycles. The second-order valence-electron chi connectivity index (χ2n) is 6.01. The van der Waals surface area contributed by atoms with E-state index in [9.17, 15) is 18.8 Å². The molecule has 0 aliphatic rings. The molecule has 3 aromatic rings. The minimum atomic E-state index is -0.633. The van der Waals surface area contributed by atoms with Crippen LogP contribution in [-0.2, 0) is 16.0 Å². The van der Waals surface area contributed by atoms with Crippen LogP contribution < -0.4 is 11.2 Å². The third-order valence-electron chi connectivity index (χ3n) is 3.85. The summed E-state index contributed by atoms with van der Waals surface area (Å²) in [5, 5.41) is 8.11. The van der Waals surface area contributed by atoms with Gasteiger partial charge >= 0.3 is 11.7 Å². The molecule has 0 amide bonds. The van der Waals surface area contributed by atoms with Crippen LogP contribution >= 0.6 is 11.8 Å². The van der Waals surface area contributed by atoms with Gasteiger partial charge in [0.1, 0.15) is 16.9 Å². The number of benzene rings is 1. The molecule has 0 aliphatic heterocycles. The Balaban J connectivity index is 2.01. The van der Waals surface area contributed by atoms with Crippen molar-refractivity contribution in [3.05, 3.63) is 68.5 Å². The number of carbonyl (C=O) groups excluding carboxylic acids is 1. The van der Waals surface area contributed by atoms with Crippen LogP contribution in [0.4, 0.5) is 4.39 Å². The van der Waals surface area contributed by atoms with Gasteiger partial charge in [0.25, 0.3) is 5.56 Å². The average Bonchev–Trinajstić information content (AvgIpc) is 3.03. The third kappa shape index (κ3) is 4.99. The van der Waals surface area contributed by atoms with E-state index in [1.165, 1.54) is 18.2 Å². The Hall–Kier alpha value is -3.21. The first-order valence-electron chi connectivity index (χ1n) is 8.73. The number of H-pyrrole nitrogens is 2. The first-order valence-corrected chi connectivity index (χ1v) is 9.61. The predicted octanol–water partition coefficient (Wildman–Crippen LogP) is 1.42. The largest absolute Gasteiger partial charge is 0.465 e. The maximum atomic E-state index is 13.4. The number of halogens is 1. The molecule has 0 radical (unpaired) electrons. The molecule has 0 saturated carbocycles. The summed E-state index contributed by atoms with van der Waals surface area (Å²) in [6, 6.07) is 6.91. The van der Waals surface area contributed by atoms with Crippen LogP contribution in [0, 0.1) is 5.82 Å². The molecule has 11 heteroatoms. The Kier molecular flexibility index (Phi) is 6.27. The lowest BCUT2D eigenvalue weighted by molar-refractivity contribution is -0.142. The van der Waals surface area contributed by atoms with Crippen molar-refractivity contribution in [3.8, 4) is 5.69 Å². The van der Waals surface area contributed by atoms with E-state index in [-0.39, 0.29) is 13.0 Å². The lowest BCUT2D eigenvalue weighted by Crippen LogP contribution is -2.23. The maximum Gasteiger partial charge on any atom is 0.325 e. The van der Waals surface area contributed by atoms with E-state index >= 15 is 0 Å². The summed E-state index contributed by atoms with van der Waals surface area (Å²) in [4.78, 5) is 39.7. The molecular formula is C18H18FN5O4S. The Labute approximate surface area is 168 Å². The van der Waals surface area contributed by atoms with Crippen molar-refractivity contribution in [2.45, 2.75) is 30.7 Å². The highest BCUT2D eigenvalue weighted by Crippen LogP contribution is 2.27. The van der Waals surface area contributed by atoms with Gasteiger partial charge in [-0.25, -0.2) is 9.18 Å². The van der Waals surface area contributed by atoms with Gasteiger partial charge in [-0.05, 0) is 38.1 Å². The number of thioether (sulfide) groups is 1. The Bertz CT molecular complexity index is 1090. The normalized spacial score (nSPS) is 12.0. The number of aromatic amines is 2. The van der Waals surface area contributed by atoms with E-state index in [0.717, 1.165) is 11.8 Å². The Morgan fingerprint density at radius 1 is 1.24 bits per heavy atom. The monoisotopic (exact) mass is 419 g/mol. The standard InChI is InChI=1S/C18H18FN5O4S/c1-3-28-16(26)10(2)29-18-23-22-14(8-12-9-15(25)21-17(27)20-12)24(18)13-6-4-11(19)5-7-13/h4-7,9-10H,3,8H2,1-2H3,(H2,20,21,25,27)/t10-/m1/s1. The molecule has 0 spiro atoms. The van der Waals surface area contributed by atoms with Crippen LogP contribution in [0.5, 0.6) is 0 Å². The topological polar surface area (TPSA) is 123 Å². The highest BCUT2D eigenvalue weighted by molar-refractivity contribution is 8.00. The fourth-order valence-electron chi connectivity index (χ4n) is 2.59. The molecule has 2 heterocycles. The van der Waals surface area contributed by atoms with Crippen molar-refractivity contribution in [2.75, 3.05) is 6.61 Å². The minimum absolute atomic E-state index is 0.0951. The predicted molar refractivity (Wildman–Crippen MR) is 104 cm³/mol.